The van der Waals surface area contributed by atoms with Gasteiger partial charge >= 0.3 is 0 Å². The van der Waals surface area contributed by atoms with Crippen LogP contribution in [-0.4, -0.2) is 30.3 Å². The van der Waals surface area contributed by atoms with Crippen LogP contribution in [0.5, 0.6) is 0 Å². The minimum Gasteiger partial charge on any atom is -0.302 e. The lowest BCUT2D eigenvalue weighted by atomic mass is 9.90. The van der Waals surface area contributed by atoms with Gasteiger partial charge in [0.15, 0.2) is 0 Å². The quantitative estimate of drug-likeness (QED) is 0.528. The van der Waals surface area contributed by atoms with Gasteiger partial charge in [0.2, 0.25) is 0 Å². The minimum absolute atomic E-state index is 0.383. The van der Waals surface area contributed by atoms with E-state index in [0.29, 0.717) is 17.6 Å². The number of nitrogens with zero attached hydrogens (tertiary/aromatic N) is 1. The Morgan fingerprint density at radius 1 is 1.50 bits per heavy atom. The number of Topliss-reactive ketones (excluding diaryl/α,β-unsaturated/α-hetero) is 1. The van der Waals surface area contributed by atoms with Crippen LogP contribution in [0.15, 0.2) is 0 Å². The van der Waals surface area contributed by atoms with Crippen LogP contribution in [0.2, 0.25) is 0 Å². The van der Waals surface area contributed by atoms with Crippen molar-refractivity contribution in [2.45, 2.75) is 13.3 Å². The number of rotatable bonds is 1. The number of fused-ring (bicyclic) bond motifs is 2. The number of hydrogen-bond acceptors (Lipinski definition) is 2. The summed E-state index contributed by atoms with van der Waals surface area (Å²) < 4.78 is 0. The molecule has 0 spiro atoms. The summed E-state index contributed by atoms with van der Waals surface area (Å²) in [5.41, 5.74) is 0. The van der Waals surface area contributed by atoms with Crippen molar-refractivity contribution >= 4 is 5.78 Å². The number of hydrogen-bond donors (Lipinski definition) is 0. The first-order valence-electron chi connectivity index (χ1n) is 4.00. The maximum atomic E-state index is 11.0. The van der Waals surface area contributed by atoms with Crippen LogP contribution in [-0.2, 0) is 4.79 Å². The molecule has 0 aromatic heterocycles. The van der Waals surface area contributed by atoms with Gasteiger partial charge in [-0.15, -0.1) is 0 Å². The third-order valence-electron chi connectivity index (χ3n) is 2.85. The molecule has 2 rings (SSSR count). The second-order valence-corrected chi connectivity index (χ2v) is 3.53. The van der Waals surface area contributed by atoms with Crippen molar-refractivity contribution in [2.75, 3.05) is 19.6 Å². The lowest BCUT2D eigenvalue weighted by Gasteiger charge is -2.18. The van der Waals surface area contributed by atoms with E-state index in [4.69, 9.17) is 0 Å². The van der Waals surface area contributed by atoms with E-state index in [9.17, 15) is 4.79 Å². The largest absolute Gasteiger partial charge is 0.302 e. The van der Waals surface area contributed by atoms with E-state index >= 15 is 0 Å². The molecule has 0 saturated carbocycles. The molecule has 2 bridgehead atoms. The fraction of sp³-hybridized carbons (Fsp3) is 0.875. The zero-order chi connectivity index (χ0) is 7.14. The standard InChI is InChI=1S/C8H13NO/c1-6(10)8-5-9-3-2-7(8)4-9/h7-8H,2-5H2,1H3/t7-,8-/m0/s1. The molecule has 0 aromatic carbocycles. The van der Waals surface area contributed by atoms with Crippen molar-refractivity contribution < 1.29 is 4.79 Å². The topological polar surface area (TPSA) is 20.3 Å². The third kappa shape index (κ3) is 0.788. The maximum absolute atomic E-state index is 11.0. The highest BCUT2D eigenvalue weighted by molar-refractivity contribution is 5.79. The van der Waals surface area contributed by atoms with Crippen molar-refractivity contribution in [3.05, 3.63) is 0 Å². The van der Waals surface area contributed by atoms with Crippen LogP contribution in [0.25, 0.3) is 0 Å². The molecule has 2 heteroatoms. The first-order chi connectivity index (χ1) is 4.77. The molecule has 1 unspecified atom stereocenters. The van der Waals surface area contributed by atoms with Crippen LogP contribution >= 0.6 is 0 Å². The Balaban J connectivity index is 2.08. The molecule has 2 nitrogen and oxygen atoms in total. The Hall–Kier alpha value is -0.370. The van der Waals surface area contributed by atoms with E-state index < -0.39 is 0 Å². The lowest BCUT2D eigenvalue weighted by molar-refractivity contribution is -0.121. The number of ketones is 1. The normalized spacial score (nSPS) is 44.3. The molecule has 3 atom stereocenters. The molecule has 0 radical (unpaired) electrons. The molecule has 0 amide bonds. The molecule has 0 aromatic rings. The van der Waals surface area contributed by atoms with Gasteiger partial charge in [-0.05, 0) is 25.8 Å². The monoisotopic (exact) mass is 139 g/mol. The Bertz CT molecular complexity index is 167. The van der Waals surface area contributed by atoms with Gasteiger partial charge in [-0.1, -0.05) is 0 Å². The molecule has 0 aliphatic carbocycles. The highest BCUT2D eigenvalue weighted by Gasteiger charge is 2.39. The zero-order valence-corrected chi connectivity index (χ0v) is 6.34. The number of piperidine rings is 1. The highest BCUT2D eigenvalue weighted by Crippen LogP contribution is 2.32. The van der Waals surface area contributed by atoms with E-state index in [2.05, 4.69) is 4.90 Å². The van der Waals surface area contributed by atoms with Crippen LogP contribution in [0, 0.1) is 11.8 Å². The molecule has 2 aliphatic heterocycles. The lowest BCUT2D eigenvalue weighted by Crippen LogP contribution is -2.27. The molecule has 56 valence electrons. The van der Waals surface area contributed by atoms with Gasteiger partial charge in [0, 0.05) is 19.0 Å². The summed E-state index contributed by atoms with van der Waals surface area (Å²) >= 11 is 0. The van der Waals surface area contributed by atoms with E-state index in [1.807, 2.05) is 0 Å². The Morgan fingerprint density at radius 2 is 2.30 bits per heavy atom. The average Bonchev–Trinajstić information content (AvgIpc) is 2.44. The van der Waals surface area contributed by atoms with E-state index in [1.165, 1.54) is 19.5 Å². The molecular formula is C8H13NO. The molecule has 0 N–H and O–H groups in total. The number of carbonyl (C=O) groups excluding carboxylic acids is 1. The third-order valence-corrected chi connectivity index (χ3v) is 2.85. The minimum atomic E-state index is 0.383. The van der Waals surface area contributed by atoms with Gasteiger partial charge in [0.1, 0.15) is 5.78 Å². The van der Waals surface area contributed by atoms with Crippen molar-refractivity contribution in [3.63, 3.8) is 0 Å². The van der Waals surface area contributed by atoms with E-state index in [-0.39, 0.29) is 0 Å². The molecule has 2 heterocycles. The molecule has 2 aliphatic rings. The van der Waals surface area contributed by atoms with Gasteiger partial charge in [0.25, 0.3) is 0 Å². The Labute approximate surface area is 61.2 Å². The Morgan fingerprint density at radius 3 is 2.60 bits per heavy atom. The molecule has 2 saturated heterocycles. The second kappa shape index (κ2) is 2.06. The van der Waals surface area contributed by atoms with Crippen molar-refractivity contribution in [3.8, 4) is 0 Å². The summed E-state index contributed by atoms with van der Waals surface area (Å²) in [6.45, 7) is 5.19. The van der Waals surface area contributed by atoms with Gasteiger partial charge in [0.05, 0.1) is 0 Å². The van der Waals surface area contributed by atoms with Crippen LogP contribution in [0.3, 0.4) is 0 Å². The van der Waals surface area contributed by atoms with E-state index in [0.717, 1.165) is 6.54 Å². The van der Waals surface area contributed by atoms with Crippen molar-refractivity contribution in [1.82, 2.24) is 4.90 Å². The summed E-state index contributed by atoms with van der Waals surface area (Å²) in [5.74, 6) is 1.48. The fourth-order valence-electron chi connectivity index (χ4n) is 2.24. The first kappa shape index (κ1) is 6.35. The molecule has 10 heavy (non-hydrogen) atoms. The van der Waals surface area contributed by atoms with Crippen LogP contribution in [0.4, 0.5) is 0 Å². The average molecular weight is 139 g/mol. The van der Waals surface area contributed by atoms with Gasteiger partial charge in [-0.2, -0.15) is 0 Å². The predicted octanol–water partition coefficient (Wildman–Crippen LogP) is 0.527. The van der Waals surface area contributed by atoms with Crippen LogP contribution < -0.4 is 0 Å². The van der Waals surface area contributed by atoms with Gasteiger partial charge < -0.3 is 4.90 Å². The molecular weight excluding hydrogens is 126 g/mol. The second-order valence-electron chi connectivity index (χ2n) is 3.53. The number of carbonyl (C=O) groups is 1. The summed E-state index contributed by atoms with van der Waals surface area (Å²) in [4.78, 5) is 13.4. The van der Waals surface area contributed by atoms with Gasteiger partial charge in [-0.25, -0.2) is 0 Å². The maximum Gasteiger partial charge on any atom is 0.134 e. The predicted molar refractivity (Wildman–Crippen MR) is 38.7 cm³/mol. The first-order valence-corrected chi connectivity index (χ1v) is 4.00. The SMILES string of the molecule is CC(=O)[C@@H]1CN2CC[C@H]1C2. The summed E-state index contributed by atoms with van der Waals surface area (Å²) in [6.07, 6.45) is 1.25. The summed E-state index contributed by atoms with van der Waals surface area (Å²) in [6, 6.07) is 0. The van der Waals surface area contributed by atoms with E-state index in [1.54, 1.807) is 6.92 Å². The summed E-state index contributed by atoms with van der Waals surface area (Å²) in [5, 5.41) is 0. The van der Waals surface area contributed by atoms with Gasteiger partial charge in [-0.3, -0.25) is 4.79 Å². The van der Waals surface area contributed by atoms with Crippen molar-refractivity contribution in [2.24, 2.45) is 11.8 Å². The Kier molecular flexibility index (Phi) is 1.31. The van der Waals surface area contributed by atoms with Crippen LogP contribution in [0.1, 0.15) is 13.3 Å². The van der Waals surface area contributed by atoms with Crippen molar-refractivity contribution in [1.29, 1.82) is 0 Å². The molecule has 2 fully saturated rings. The fourth-order valence-corrected chi connectivity index (χ4v) is 2.24. The highest BCUT2D eigenvalue weighted by atomic mass is 16.1. The zero-order valence-electron chi connectivity index (χ0n) is 6.34. The summed E-state index contributed by atoms with van der Waals surface area (Å²) in [7, 11) is 0. The smallest absolute Gasteiger partial charge is 0.134 e.